The molecular weight excluding hydrogens is 318 g/mol. The Labute approximate surface area is 138 Å². The van der Waals surface area contributed by atoms with E-state index >= 15 is 0 Å². The Morgan fingerprint density at radius 3 is 2.43 bits per heavy atom. The van der Waals surface area contributed by atoms with E-state index in [2.05, 4.69) is 5.32 Å². The molecule has 2 rings (SSSR count). The second kappa shape index (κ2) is 7.62. The number of carbonyl (C=O) groups excluding carboxylic acids is 2. The first-order valence-corrected chi connectivity index (χ1v) is 7.14. The van der Waals surface area contributed by atoms with Crippen molar-refractivity contribution in [2.24, 2.45) is 5.84 Å². The third-order valence-electron chi connectivity index (χ3n) is 3.14. The van der Waals surface area contributed by atoms with Gasteiger partial charge in [0.05, 0.1) is 18.6 Å². The van der Waals surface area contributed by atoms with E-state index in [0.29, 0.717) is 22.0 Å². The standard InChI is InChI=1S/C16H16ClN3O3/c1-23-14-7-2-10(8-13(14)17)9-15(21)19-12-5-3-11(4-6-12)16(22)20-18/h2-8H,9,18H2,1H3,(H,19,21)(H,20,22). The molecule has 0 spiro atoms. The molecule has 0 atom stereocenters. The number of hydrazine groups is 1. The van der Waals surface area contributed by atoms with Gasteiger partial charge in [0, 0.05) is 11.3 Å². The molecule has 0 aliphatic heterocycles. The molecule has 7 heteroatoms. The van der Waals surface area contributed by atoms with Crippen LogP contribution in [-0.4, -0.2) is 18.9 Å². The smallest absolute Gasteiger partial charge is 0.265 e. The quantitative estimate of drug-likeness (QED) is 0.444. The summed E-state index contributed by atoms with van der Waals surface area (Å²) >= 11 is 6.03. The van der Waals surface area contributed by atoms with Crippen LogP contribution < -0.4 is 21.3 Å². The van der Waals surface area contributed by atoms with Gasteiger partial charge in [-0.15, -0.1) is 0 Å². The molecule has 2 amide bonds. The number of benzene rings is 2. The molecule has 4 N–H and O–H groups in total. The zero-order valence-corrected chi connectivity index (χ0v) is 13.2. The van der Waals surface area contributed by atoms with Crippen LogP contribution in [0.4, 0.5) is 5.69 Å². The lowest BCUT2D eigenvalue weighted by atomic mass is 10.1. The van der Waals surface area contributed by atoms with Crippen LogP contribution in [0.5, 0.6) is 5.75 Å². The number of hydrogen-bond donors (Lipinski definition) is 3. The number of halogens is 1. The van der Waals surface area contributed by atoms with Gasteiger partial charge in [0.2, 0.25) is 5.91 Å². The van der Waals surface area contributed by atoms with Gasteiger partial charge in [-0.3, -0.25) is 15.0 Å². The van der Waals surface area contributed by atoms with E-state index < -0.39 is 5.91 Å². The highest BCUT2D eigenvalue weighted by molar-refractivity contribution is 6.32. The number of nitrogen functional groups attached to an aromatic ring is 1. The molecule has 0 bridgehead atoms. The minimum Gasteiger partial charge on any atom is -0.495 e. The fraction of sp³-hybridized carbons (Fsp3) is 0.125. The van der Waals surface area contributed by atoms with Gasteiger partial charge in [0.15, 0.2) is 0 Å². The van der Waals surface area contributed by atoms with Gasteiger partial charge < -0.3 is 10.1 Å². The van der Waals surface area contributed by atoms with Crippen LogP contribution in [0.15, 0.2) is 42.5 Å². The van der Waals surface area contributed by atoms with E-state index in [-0.39, 0.29) is 12.3 Å². The van der Waals surface area contributed by atoms with Gasteiger partial charge in [-0.25, -0.2) is 5.84 Å². The lowest BCUT2D eigenvalue weighted by Gasteiger charge is -2.08. The SMILES string of the molecule is COc1ccc(CC(=O)Nc2ccc(C(=O)NN)cc2)cc1Cl. The Balaban J connectivity index is 1.99. The van der Waals surface area contributed by atoms with Crippen molar-refractivity contribution >= 4 is 29.1 Å². The molecule has 0 aliphatic rings. The Morgan fingerprint density at radius 2 is 1.87 bits per heavy atom. The summed E-state index contributed by atoms with van der Waals surface area (Å²) in [5.74, 6) is 5.03. The predicted molar refractivity (Wildman–Crippen MR) is 88.4 cm³/mol. The Bertz CT molecular complexity index is 717. The molecule has 0 unspecified atom stereocenters. The minimum absolute atomic E-state index is 0.175. The molecule has 6 nitrogen and oxygen atoms in total. The molecule has 23 heavy (non-hydrogen) atoms. The molecule has 0 heterocycles. The van der Waals surface area contributed by atoms with Crippen LogP contribution in [0.1, 0.15) is 15.9 Å². The van der Waals surface area contributed by atoms with Crippen molar-refractivity contribution in [3.8, 4) is 5.75 Å². The maximum atomic E-state index is 12.0. The van der Waals surface area contributed by atoms with Crippen LogP contribution in [0, 0.1) is 0 Å². The zero-order chi connectivity index (χ0) is 16.8. The second-order valence-electron chi connectivity index (χ2n) is 4.74. The molecule has 0 saturated carbocycles. The number of methoxy groups -OCH3 is 1. The number of nitrogens with one attached hydrogen (secondary N) is 2. The van der Waals surface area contributed by atoms with Crippen molar-refractivity contribution in [2.45, 2.75) is 6.42 Å². The summed E-state index contributed by atoms with van der Waals surface area (Å²) in [6.07, 6.45) is 0.175. The average Bonchev–Trinajstić information content (AvgIpc) is 2.55. The van der Waals surface area contributed by atoms with Gasteiger partial charge in [0.25, 0.3) is 5.91 Å². The number of ether oxygens (including phenoxy) is 1. The average molecular weight is 334 g/mol. The van der Waals surface area contributed by atoms with Crippen molar-refractivity contribution < 1.29 is 14.3 Å². The zero-order valence-electron chi connectivity index (χ0n) is 12.4. The summed E-state index contributed by atoms with van der Waals surface area (Å²) in [5, 5.41) is 3.20. The van der Waals surface area contributed by atoms with Gasteiger partial charge in [-0.05, 0) is 42.0 Å². The van der Waals surface area contributed by atoms with E-state index in [4.69, 9.17) is 22.2 Å². The predicted octanol–water partition coefficient (Wildman–Crippen LogP) is 2.13. The number of hydrogen-bond acceptors (Lipinski definition) is 4. The summed E-state index contributed by atoms with van der Waals surface area (Å²) in [5.41, 5.74) is 3.81. The van der Waals surface area contributed by atoms with Crippen molar-refractivity contribution in [1.29, 1.82) is 0 Å². The first-order valence-electron chi connectivity index (χ1n) is 6.76. The summed E-state index contributed by atoms with van der Waals surface area (Å²) in [4.78, 5) is 23.4. The van der Waals surface area contributed by atoms with E-state index in [9.17, 15) is 9.59 Å². The Kier molecular flexibility index (Phi) is 5.56. The van der Waals surface area contributed by atoms with Crippen LogP contribution in [0.3, 0.4) is 0 Å². The number of anilines is 1. The number of amides is 2. The van der Waals surface area contributed by atoms with Crippen molar-refractivity contribution in [1.82, 2.24) is 5.43 Å². The second-order valence-corrected chi connectivity index (χ2v) is 5.15. The summed E-state index contributed by atoms with van der Waals surface area (Å²) in [6, 6.07) is 11.6. The van der Waals surface area contributed by atoms with Gasteiger partial charge in [-0.1, -0.05) is 17.7 Å². The van der Waals surface area contributed by atoms with Crippen LogP contribution >= 0.6 is 11.6 Å². The van der Waals surface area contributed by atoms with Crippen LogP contribution in [0.25, 0.3) is 0 Å². The summed E-state index contributed by atoms with van der Waals surface area (Å²) in [7, 11) is 1.53. The molecule has 0 fully saturated rings. The highest BCUT2D eigenvalue weighted by Crippen LogP contribution is 2.25. The molecule has 2 aromatic carbocycles. The van der Waals surface area contributed by atoms with E-state index in [1.807, 2.05) is 5.43 Å². The molecule has 120 valence electrons. The lowest BCUT2D eigenvalue weighted by molar-refractivity contribution is -0.115. The van der Waals surface area contributed by atoms with Crippen molar-refractivity contribution in [3.05, 3.63) is 58.6 Å². The summed E-state index contributed by atoms with van der Waals surface area (Å²) in [6.45, 7) is 0. The van der Waals surface area contributed by atoms with Gasteiger partial charge >= 0.3 is 0 Å². The Hall–Kier alpha value is -2.57. The largest absolute Gasteiger partial charge is 0.495 e. The number of nitrogens with two attached hydrogens (primary N) is 1. The molecule has 0 aliphatic carbocycles. The fourth-order valence-corrected chi connectivity index (χ4v) is 2.28. The summed E-state index contributed by atoms with van der Waals surface area (Å²) < 4.78 is 5.07. The normalized spacial score (nSPS) is 10.0. The Morgan fingerprint density at radius 1 is 1.17 bits per heavy atom. The van der Waals surface area contributed by atoms with Crippen LogP contribution in [-0.2, 0) is 11.2 Å². The van der Waals surface area contributed by atoms with E-state index in [1.54, 1.807) is 42.5 Å². The first kappa shape index (κ1) is 16.8. The van der Waals surface area contributed by atoms with E-state index in [0.717, 1.165) is 5.56 Å². The lowest BCUT2D eigenvalue weighted by Crippen LogP contribution is -2.29. The number of rotatable bonds is 5. The monoisotopic (exact) mass is 333 g/mol. The molecule has 0 aromatic heterocycles. The van der Waals surface area contributed by atoms with Crippen LogP contribution in [0.2, 0.25) is 5.02 Å². The van der Waals surface area contributed by atoms with Crippen molar-refractivity contribution in [3.63, 3.8) is 0 Å². The molecular formula is C16H16ClN3O3. The number of carbonyl (C=O) groups is 2. The molecule has 0 radical (unpaired) electrons. The van der Waals surface area contributed by atoms with Crippen molar-refractivity contribution in [2.75, 3.05) is 12.4 Å². The molecule has 0 saturated heterocycles. The molecule has 2 aromatic rings. The maximum absolute atomic E-state index is 12.0. The highest BCUT2D eigenvalue weighted by Gasteiger charge is 2.08. The van der Waals surface area contributed by atoms with Gasteiger partial charge in [-0.2, -0.15) is 0 Å². The van der Waals surface area contributed by atoms with E-state index in [1.165, 1.54) is 7.11 Å². The third-order valence-corrected chi connectivity index (χ3v) is 3.44. The first-order chi connectivity index (χ1) is 11.0. The third kappa shape index (κ3) is 4.45. The van der Waals surface area contributed by atoms with Gasteiger partial charge in [0.1, 0.15) is 5.75 Å². The minimum atomic E-state index is -0.393. The fourth-order valence-electron chi connectivity index (χ4n) is 2.00. The topological polar surface area (TPSA) is 93.4 Å². The maximum Gasteiger partial charge on any atom is 0.265 e. The highest BCUT2D eigenvalue weighted by atomic mass is 35.5.